The van der Waals surface area contributed by atoms with E-state index >= 15 is 0 Å². The summed E-state index contributed by atoms with van der Waals surface area (Å²) in [5.41, 5.74) is 1.84. The fraction of sp³-hybridized carbons (Fsp3) is 0.333. The molecular formula is C18H21N3O2. The van der Waals surface area contributed by atoms with Crippen LogP contribution in [0.15, 0.2) is 42.7 Å². The molecule has 0 radical (unpaired) electrons. The van der Waals surface area contributed by atoms with Gasteiger partial charge in [0.2, 0.25) is 0 Å². The van der Waals surface area contributed by atoms with Crippen LogP contribution in [0.5, 0.6) is 0 Å². The Morgan fingerprint density at radius 2 is 2.13 bits per heavy atom. The van der Waals surface area contributed by atoms with Gasteiger partial charge in [0.05, 0.1) is 11.8 Å². The summed E-state index contributed by atoms with van der Waals surface area (Å²) in [6.07, 6.45) is 3.80. The minimum atomic E-state index is -0.428. The Balaban J connectivity index is 1.65. The molecule has 120 valence electrons. The first-order valence-corrected chi connectivity index (χ1v) is 7.62. The molecule has 1 aromatic heterocycles. The van der Waals surface area contributed by atoms with Crippen molar-refractivity contribution >= 4 is 6.09 Å². The van der Waals surface area contributed by atoms with Crippen LogP contribution < -0.4 is 5.32 Å². The van der Waals surface area contributed by atoms with E-state index in [9.17, 15) is 4.79 Å². The molecule has 1 heterocycles. The Hall–Kier alpha value is -2.74. The highest BCUT2D eigenvalue weighted by Gasteiger charge is 2.01. The number of aromatic nitrogens is 2. The van der Waals surface area contributed by atoms with Crippen LogP contribution >= 0.6 is 0 Å². The number of benzene rings is 1. The van der Waals surface area contributed by atoms with Crippen LogP contribution in [0.3, 0.4) is 0 Å². The third-order valence-electron chi connectivity index (χ3n) is 3.10. The molecule has 1 aromatic carbocycles. The zero-order chi connectivity index (χ0) is 16.5. The first kappa shape index (κ1) is 16.6. The second-order valence-electron chi connectivity index (χ2n) is 5.34. The van der Waals surface area contributed by atoms with E-state index in [0.717, 1.165) is 11.1 Å². The molecule has 0 aliphatic carbocycles. The molecule has 0 bridgehead atoms. The SMILES string of the molecule is CC(C)n1cc(C#CCCNC(=O)OCc2ccccc2)cn1. The quantitative estimate of drug-likeness (QED) is 0.682. The van der Waals surface area contributed by atoms with Crippen LogP contribution in [0.25, 0.3) is 0 Å². The van der Waals surface area contributed by atoms with E-state index in [4.69, 9.17) is 4.74 Å². The first-order chi connectivity index (χ1) is 11.1. The molecule has 2 aromatic rings. The molecule has 0 fully saturated rings. The van der Waals surface area contributed by atoms with Gasteiger partial charge in [0.25, 0.3) is 0 Å². The number of amides is 1. The number of alkyl carbamates (subject to hydrolysis) is 1. The summed E-state index contributed by atoms with van der Waals surface area (Å²) < 4.78 is 6.98. The molecule has 1 amide bonds. The maximum atomic E-state index is 11.5. The highest BCUT2D eigenvalue weighted by molar-refractivity contribution is 5.67. The van der Waals surface area contributed by atoms with Crippen molar-refractivity contribution in [3.63, 3.8) is 0 Å². The Labute approximate surface area is 136 Å². The molecule has 0 aliphatic rings. The number of carbonyl (C=O) groups excluding carboxylic acids is 1. The monoisotopic (exact) mass is 311 g/mol. The van der Waals surface area contributed by atoms with E-state index in [1.165, 1.54) is 0 Å². The van der Waals surface area contributed by atoms with E-state index in [1.54, 1.807) is 6.20 Å². The number of nitrogens with one attached hydrogen (secondary N) is 1. The standard InChI is InChI=1S/C18H21N3O2/c1-15(2)21-13-17(12-20-21)10-6-7-11-19-18(22)23-14-16-8-4-3-5-9-16/h3-5,8-9,12-13,15H,7,11,14H2,1-2H3,(H,19,22). The highest BCUT2D eigenvalue weighted by atomic mass is 16.5. The van der Waals surface area contributed by atoms with Crippen molar-refractivity contribution in [3.05, 3.63) is 53.9 Å². The van der Waals surface area contributed by atoms with Gasteiger partial charge in [0.1, 0.15) is 6.61 Å². The van der Waals surface area contributed by atoms with E-state index in [-0.39, 0.29) is 6.61 Å². The second kappa shape index (κ2) is 8.64. The predicted octanol–water partition coefficient (Wildman–Crippen LogP) is 3.13. The van der Waals surface area contributed by atoms with Crippen molar-refractivity contribution in [2.45, 2.75) is 32.9 Å². The molecule has 0 saturated carbocycles. The third-order valence-corrected chi connectivity index (χ3v) is 3.10. The molecular weight excluding hydrogens is 290 g/mol. The van der Waals surface area contributed by atoms with Gasteiger partial charge >= 0.3 is 6.09 Å². The molecule has 5 heteroatoms. The Morgan fingerprint density at radius 3 is 2.83 bits per heavy atom. The number of ether oxygens (including phenoxy) is 1. The summed E-state index contributed by atoms with van der Waals surface area (Å²) in [6.45, 7) is 4.86. The summed E-state index contributed by atoms with van der Waals surface area (Å²) in [7, 11) is 0. The largest absolute Gasteiger partial charge is 0.445 e. The normalized spacial score (nSPS) is 10.0. The summed E-state index contributed by atoms with van der Waals surface area (Å²) in [5, 5.41) is 6.90. The zero-order valence-corrected chi connectivity index (χ0v) is 13.5. The molecule has 0 atom stereocenters. The van der Waals surface area contributed by atoms with Crippen LogP contribution in [0.1, 0.15) is 37.4 Å². The van der Waals surface area contributed by atoms with Gasteiger partial charge in [-0.25, -0.2) is 4.79 Å². The van der Waals surface area contributed by atoms with Gasteiger partial charge in [0.15, 0.2) is 0 Å². The van der Waals surface area contributed by atoms with Crippen LogP contribution in [-0.2, 0) is 11.3 Å². The zero-order valence-electron chi connectivity index (χ0n) is 13.5. The van der Waals surface area contributed by atoms with Crippen LogP contribution in [0.4, 0.5) is 4.79 Å². The average Bonchev–Trinajstić information content (AvgIpc) is 3.03. The van der Waals surface area contributed by atoms with Gasteiger partial charge in [-0.05, 0) is 19.4 Å². The molecule has 0 unspecified atom stereocenters. The van der Waals surface area contributed by atoms with Crippen molar-refractivity contribution in [1.29, 1.82) is 0 Å². The molecule has 0 spiro atoms. The predicted molar refractivity (Wildman–Crippen MR) is 88.7 cm³/mol. The van der Waals surface area contributed by atoms with Gasteiger partial charge < -0.3 is 10.1 Å². The van der Waals surface area contributed by atoms with Crippen LogP contribution in [0.2, 0.25) is 0 Å². The molecule has 1 N–H and O–H groups in total. The summed E-state index contributed by atoms with van der Waals surface area (Å²) >= 11 is 0. The van der Waals surface area contributed by atoms with Gasteiger partial charge in [-0.3, -0.25) is 4.68 Å². The van der Waals surface area contributed by atoms with Crippen LogP contribution in [-0.4, -0.2) is 22.4 Å². The fourth-order valence-corrected chi connectivity index (χ4v) is 1.85. The van der Waals surface area contributed by atoms with E-state index in [2.05, 4.69) is 36.1 Å². The fourth-order valence-electron chi connectivity index (χ4n) is 1.85. The van der Waals surface area contributed by atoms with Crippen molar-refractivity contribution in [1.82, 2.24) is 15.1 Å². The van der Waals surface area contributed by atoms with Crippen molar-refractivity contribution < 1.29 is 9.53 Å². The minimum absolute atomic E-state index is 0.271. The van der Waals surface area contributed by atoms with Crippen molar-refractivity contribution in [3.8, 4) is 11.8 Å². The second-order valence-corrected chi connectivity index (χ2v) is 5.34. The van der Waals surface area contributed by atoms with E-state index in [0.29, 0.717) is 19.0 Å². The third kappa shape index (κ3) is 5.87. The van der Waals surface area contributed by atoms with Crippen molar-refractivity contribution in [2.75, 3.05) is 6.54 Å². The lowest BCUT2D eigenvalue weighted by atomic mass is 10.2. The average molecular weight is 311 g/mol. The Kier molecular flexibility index (Phi) is 6.25. The molecule has 2 rings (SSSR count). The lowest BCUT2D eigenvalue weighted by Gasteiger charge is -2.05. The number of hydrogen-bond acceptors (Lipinski definition) is 3. The molecule has 5 nitrogen and oxygen atoms in total. The smallest absolute Gasteiger partial charge is 0.407 e. The Bertz CT molecular complexity index is 681. The molecule has 0 aliphatic heterocycles. The maximum absolute atomic E-state index is 11.5. The van der Waals surface area contributed by atoms with Gasteiger partial charge in [0, 0.05) is 25.2 Å². The number of carbonyl (C=O) groups is 1. The minimum Gasteiger partial charge on any atom is -0.445 e. The Morgan fingerprint density at radius 1 is 1.35 bits per heavy atom. The van der Waals surface area contributed by atoms with Gasteiger partial charge in [-0.1, -0.05) is 42.2 Å². The number of hydrogen-bond donors (Lipinski definition) is 1. The maximum Gasteiger partial charge on any atom is 0.407 e. The van der Waals surface area contributed by atoms with Crippen molar-refractivity contribution in [2.24, 2.45) is 0 Å². The summed E-state index contributed by atoms with van der Waals surface area (Å²) in [4.78, 5) is 11.5. The highest BCUT2D eigenvalue weighted by Crippen LogP contribution is 2.04. The number of rotatable bonds is 5. The van der Waals surface area contributed by atoms with Gasteiger partial charge in [-0.2, -0.15) is 5.10 Å². The lowest BCUT2D eigenvalue weighted by molar-refractivity contribution is 0.140. The molecule has 23 heavy (non-hydrogen) atoms. The summed E-state index contributed by atoms with van der Waals surface area (Å²) in [6, 6.07) is 9.90. The van der Waals surface area contributed by atoms with E-state index in [1.807, 2.05) is 41.2 Å². The van der Waals surface area contributed by atoms with E-state index < -0.39 is 6.09 Å². The lowest BCUT2D eigenvalue weighted by Crippen LogP contribution is -2.24. The van der Waals surface area contributed by atoms with Crippen LogP contribution in [0, 0.1) is 11.8 Å². The number of nitrogens with zero attached hydrogens (tertiary/aromatic N) is 2. The topological polar surface area (TPSA) is 56.2 Å². The first-order valence-electron chi connectivity index (χ1n) is 7.62. The molecule has 0 saturated heterocycles. The summed E-state index contributed by atoms with van der Waals surface area (Å²) in [5.74, 6) is 6.04. The van der Waals surface area contributed by atoms with Gasteiger partial charge in [-0.15, -0.1) is 0 Å².